The van der Waals surface area contributed by atoms with Gasteiger partial charge in [0.1, 0.15) is 0 Å². The average molecular weight is 815 g/mol. The number of fused-ring (bicyclic) bond motifs is 4. The standard InChI is InChI=1S/C24H23.C22H19.C2H6Si.2ClH.Zr/c1-16-14-21-20(12-13-23(22(21)15-16)24(2,3)4)19-11-7-9-17-8-5-6-10-18(17)19;1-15(2)18-13-17-9-6-12-21(22(17)14-18)20-11-5-8-16-7-3-4-10-19(16)20;1-3-2;;;/h5-15H,1-4H3;3-15H,1-2H3;1-2H3;2*1H;/q2*-1;;;;+2/p-2. The minimum absolute atomic E-state index is 0. The number of benzene rings is 6. The van der Waals surface area contributed by atoms with Crippen LogP contribution in [-0.4, -0.2) is 5.43 Å². The first-order chi connectivity index (χ1) is 23.9. The predicted molar refractivity (Wildman–Crippen MR) is 220 cm³/mol. The number of aryl methyl sites for hydroxylation is 1. The molecule has 0 spiro atoms. The fourth-order valence-electron chi connectivity index (χ4n) is 7.08. The second kappa shape index (κ2) is 17.7. The van der Waals surface area contributed by atoms with Gasteiger partial charge in [-0.05, 0) is 44.0 Å². The van der Waals surface area contributed by atoms with Crippen LogP contribution in [0.3, 0.4) is 0 Å². The van der Waals surface area contributed by atoms with Crippen molar-refractivity contribution in [3.05, 3.63) is 156 Å². The van der Waals surface area contributed by atoms with E-state index in [4.69, 9.17) is 0 Å². The molecule has 0 nitrogen and oxygen atoms in total. The molecule has 4 heteroatoms. The molecule has 0 aliphatic rings. The van der Waals surface area contributed by atoms with Crippen LogP contribution in [0.5, 0.6) is 0 Å². The summed E-state index contributed by atoms with van der Waals surface area (Å²) in [6.45, 7) is 18.2. The van der Waals surface area contributed by atoms with E-state index in [-0.39, 0.29) is 35.7 Å². The molecule has 0 aliphatic heterocycles. The molecule has 52 heavy (non-hydrogen) atoms. The smallest absolute Gasteiger partial charge is 0.0114 e. The van der Waals surface area contributed by atoms with Crippen molar-refractivity contribution in [1.82, 2.24) is 0 Å². The summed E-state index contributed by atoms with van der Waals surface area (Å²) in [7, 11) is 0. The number of rotatable bonds is 3. The minimum Gasteiger partial charge on any atom is -1.00 e. The van der Waals surface area contributed by atoms with Gasteiger partial charge in [0.15, 0.2) is 0 Å². The van der Waals surface area contributed by atoms with Crippen molar-refractivity contribution >= 4 is 48.5 Å². The van der Waals surface area contributed by atoms with Crippen LogP contribution >= 0.6 is 0 Å². The van der Waals surface area contributed by atoms with Crippen molar-refractivity contribution in [1.29, 1.82) is 0 Å². The molecule has 8 aromatic rings. The molecule has 8 aromatic carbocycles. The zero-order chi connectivity index (χ0) is 35.6. The molecule has 0 fully saturated rings. The Hall–Kier alpha value is -3.26. The molecule has 0 aromatic heterocycles. The molecular formula is C48H48Cl2SiZr-2. The topological polar surface area (TPSA) is 0 Å². The first kappa shape index (κ1) is 41.5. The van der Waals surface area contributed by atoms with Gasteiger partial charge in [-0.1, -0.05) is 150 Å². The van der Waals surface area contributed by atoms with Crippen LogP contribution in [-0.2, 0) is 28.8 Å². The molecular weight excluding hydrogens is 767 g/mol. The van der Waals surface area contributed by atoms with Crippen molar-refractivity contribution in [2.75, 3.05) is 0 Å². The predicted octanol–water partition coefficient (Wildman–Crippen LogP) is 8.28. The second-order valence-electron chi connectivity index (χ2n) is 15.1. The molecule has 0 amide bonds. The van der Waals surface area contributed by atoms with Gasteiger partial charge >= 0.3 is 41.9 Å². The fourth-order valence-corrected chi connectivity index (χ4v) is 7.08. The Morgan fingerprint density at radius 3 is 1.54 bits per heavy atom. The van der Waals surface area contributed by atoms with Gasteiger partial charge in [-0.25, -0.2) is 0 Å². The summed E-state index contributed by atoms with van der Waals surface area (Å²) in [6, 6.07) is 51.1. The van der Waals surface area contributed by atoms with Crippen molar-refractivity contribution in [3.8, 4) is 22.3 Å². The third-order valence-corrected chi connectivity index (χ3v) is 9.44. The zero-order valence-corrected chi connectivity index (χ0v) is 36.6. The van der Waals surface area contributed by atoms with E-state index in [1.807, 2.05) is 0 Å². The van der Waals surface area contributed by atoms with Crippen LogP contribution in [0.15, 0.2) is 140 Å². The number of halogens is 2. The molecule has 264 valence electrons. The van der Waals surface area contributed by atoms with Crippen LogP contribution in [0, 0.1) is 6.92 Å². The Kier molecular flexibility index (Phi) is 14.1. The normalized spacial score (nSPS) is 11.1. The zero-order valence-electron chi connectivity index (χ0n) is 31.6. The van der Waals surface area contributed by atoms with Gasteiger partial charge in [-0.15, -0.1) is 68.6 Å². The van der Waals surface area contributed by atoms with E-state index in [0.717, 1.165) is 0 Å². The van der Waals surface area contributed by atoms with Gasteiger partial charge in [0.05, 0.1) is 0 Å². The van der Waals surface area contributed by atoms with Crippen molar-refractivity contribution in [2.24, 2.45) is 0 Å². The summed E-state index contributed by atoms with van der Waals surface area (Å²) >= 11 is 1.74. The molecule has 0 radical (unpaired) electrons. The third-order valence-electron chi connectivity index (χ3n) is 9.44. The third kappa shape index (κ3) is 9.09. The summed E-state index contributed by atoms with van der Waals surface area (Å²) in [6.07, 6.45) is 0. The Morgan fingerprint density at radius 2 is 1.02 bits per heavy atom. The molecule has 0 saturated heterocycles. The average Bonchev–Trinajstić information content (AvgIpc) is 3.71. The van der Waals surface area contributed by atoms with Gasteiger partial charge < -0.3 is 24.8 Å². The first-order valence-electron chi connectivity index (χ1n) is 17.8. The van der Waals surface area contributed by atoms with E-state index in [1.165, 1.54) is 82.0 Å². The Labute approximate surface area is 338 Å². The maximum atomic E-state index is 2.36. The maximum Gasteiger partial charge on any atom is -0.0114 e. The minimum atomic E-state index is 0. The van der Waals surface area contributed by atoms with Crippen LogP contribution in [0.4, 0.5) is 0 Å². The van der Waals surface area contributed by atoms with Gasteiger partial charge in [-0.2, -0.15) is 12.1 Å². The van der Waals surface area contributed by atoms with Crippen LogP contribution < -0.4 is 24.8 Å². The summed E-state index contributed by atoms with van der Waals surface area (Å²) in [4.78, 5) is 0. The summed E-state index contributed by atoms with van der Waals surface area (Å²) in [5.74, 6) is 0.563. The molecule has 8 rings (SSSR count). The SMILES string of the molecule is CC(C)c1cc2c(-c3cccc4ccccc34)cccc2[cH-]1.C[Si](C)=[Zr+2].Cc1cc2c(-c3cccc4ccccc34)ccc(C(C)(C)C)c2[cH-]1.[Cl-].[Cl-]. The van der Waals surface area contributed by atoms with E-state index >= 15 is 0 Å². The van der Waals surface area contributed by atoms with Crippen molar-refractivity contribution in [2.45, 2.75) is 66.0 Å². The van der Waals surface area contributed by atoms with E-state index in [2.05, 4.69) is 194 Å². The van der Waals surface area contributed by atoms with Crippen molar-refractivity contribution in [3.63, 3.8) is 0 Å². The van der Waals surface area contributed by atoms with E-state index in [0.29, 0.717) is 5.92 Å². The van der Waals surface area contributed by atoms with E-state index in [1.54, 1.807) is 23.3 Å². The second-order valence-corrected chi connectivity index (χ2v) is 24.5. The molecule has 0 N–H and O–H groups in total. The van der Waals surface area contributed by atoms with E-state index in [9.17, 15) is 0 Å². The molecule has 0 saturated carbocycles. The number of hydrogen-bond donors (Lipinski definition) is 0. The van der Waals surface area contributed by atoms with Gasteiger partial charge in [0, 0.05) is 0 Å². The van der Waals surface area contributed by atoms with Crippen LogP contribution in [0.1, 0.15) is 57.2 Å². The Morgan fingerprint density at radius 1 is 0.558 bits per heavy atom. The molecule has 0 unspecified atom stereocenters. The summed E-state index contributed by atoms with van der Waals surface area (Å²) < 4.78 is 0. The van der Waals surface area contributed by atoms with Gasteiger partial charge in [-0.3, -0.25) is 0 Å². The summed E-state index contributed by atoms with van der Waals surface area (Å²) in [5.41, 5.74) is 9.86. The molecule has 0 heterocycles. The number of hydrogen-bond acceptors (Lipinski definition) is 0. The van der Waals surface area contributed by atoms with Gasteiger partial charge in [0.25, 0.3) is 0 Å². The van der Waals surface area contributed by atoms with Gasteiger partial charge in [0.2, 0.25) is 0 Å². The van der Waals surface area contributed by atoms with E-state index < -0.39 is 0 Å². The monoisotopic (exact) mass is 812 g/mol. The van der Waals surface area contributed by atoms with Crippen LogP contribution in [0.25, 0.3) is 65.3 Å². The Balaban J connectivity index is 0.000000205. The first-order valence-corrected chi connectivity index (χ1v) is 24.0. The largest absolute Gasteiger partial charge is 1.00 e. The fraction of sp³-hybridized carbons (Fsp3) is 0.208. The molecule has 0 aliphatic carbocycles. The molecule has 0 atom stereocenters. The molecule has 0 bridgehead atoms. The quantitative estimate of drug-likeness (QED) is 0.125. The maximum absolute atomic E-state index is 2.36. The Bertz CT molecular complexity index is 2440. The van der Waals surface area contributed by atoms with Crippen LogP contribution in [0.2, 0.25) is 13.1 Å². The van der Waals surface area contributed by atoms with Crippen molar-refractivity contribution < 1.29 is 48.1 Å². The summed E-state index contributed by atoms with van der Waals surface area (Å²) in [5, 5.41) is 10.7.